The predicted octanol–water partition coefficient (Wildman–Crippen LogP) is 4.47. The van der Waals surface area contributed by atoms with Gasteiger partial charge in [0.2, 0.25) is 23.6 Å². The minimum atomic E-state index is -1.10. The smallest absolute Gasteiger partial charge is 0.407 e. The highest BCUT2D eigenvalue weighted by molar-refractivity contribution is 6.09. The molecule has 0 aliphatic heterocycles. The van der Waals surface area contributed by atoms with Gasteiger partial charge in [0.15, 0.2) is 22.9 Å². The number of benzene rings is 4. The number of aromatic nitrogens is 4. The molecule has 21 heteroatoms. The Hall–Kier alpha value is -8.62. The molecule has 1 atom stereocenters. The molecule has 6 rings (SSSR count). The lowest BCUT2D eigenvalue weighted by Gasteiger charge is -2.17. The van der Waals surface area contributed by atoms with Gasteiger partial charge < -0.3 is 50.9 Å². The molecule has 342 valence electrons. The Morgan fingerprint density at radius 3 is 2.23 bits per heavy atom. The van der Waals surface area contributed by atoms with Gasteiger partial charge in [0.25, 0.3) is 11.6 Å². The zero-order chi connectivity index (χ0) is 47.0. The van der Waals surface area contributed by atoms with Crippen LogP contribution in [0.25, 0.3) is 11.2 Å². The van der Waals surface area contributed by atoms with Gasteiger partial charge in [-0.3, -0.25) is 29.3 Å². The highest BCUT2D eigenvalue weighted by atomic mass is 16.6. The summed E-state index contributed by atoms with van der Waals surface area (Å²) in [6.45, 7) is 1.58. The summed E-state index contributed by atoms with van der Waals surface area (Å²) in [4.78, 5) is 89.2. The molecule has 0 saturated heterocycles. The van der Waals surface area contributed by atoms with Crippen molar-refractivity contribution in [2.75, 3.05) is 39.1 Å². The monoisotopic (exact) mass is 902 g/mol. The van der Waals surface area contributed by atoms with Crippen LogP contribution in [0.5, 0.6) is 17.4 Å². The number of methoxy groups -OCH3 is 1. The number of rotatable bonds is 22. The van der Waals surface area contributed by atoms with E-state index in [2.05, 4.69) is 41.2 Å². The van der Waals surface area contributed by atoms with Crippen molar-refractivity contribution < 1.29 is 47.8 Å². The van der Waals surface area contributed by atoms with Crippen molar-refractivity contribution in [3.8, 4) is 17.4 Å². The summed E-state index contributed by atoms with van der Waals surface area (Å²) in [5, 5.41) is 22.4. The van der Waals surface area contributed by atoms with Crippen LogP contribution >= 0.6 is 0 Å². The molecular weight excluding hydrogens is 857 g/mol. The fourth-order valence-corrected chi connectivity index (χ4v) is 6.34. The molecule has 0 aliphatic carbocycles. The first-order valence-electron chi connectivity index (χ1n) is 20.5. The van der Waals surface area contributed by atoms with E-state index in [0.717, 1.165) is 17.2 Å². The number of anilines is 1. The number of fused-ring (bicyclic) bond motifs is 1. The van der Waals surface area contributed by atoms with Crippen LogP contribution < -0.4 is 41.2 Å². The third-order valence-corrected chi connectivity index (χ3v) is 9.77. The highest BCUT2D eigenvalue weighted by Gasteiger charge is 2.26. The molecule has 66 heavy (non-hydrogen) atoms. The fourth-order valence-electron chi connectivity index (χ4n) is 6.34. The van der Waals surface area contributed by atoms with Gasteiger partial charge in [-0.25, -0.2) is 9.78 Å². The number of hydrogen-bond donors (Lipinski definition) is 6. The lowest BCUT2D eigenvalue weighted by molar-refractivity contribution is -0.386. The number of carbonyl (C=O) groups is 5. The number of nitrogens with one attached hydrogen (secondary N) is 5. The fraction of sp³-hybridized carbons (Fsp3) is 0.244. The highest BCUT2D eigenvalue weighted by Crippen LogP contribution is 2.38. The van der Waals surface area contributed by atoms with E-state index in [-0.39, 0.29) is 97.6 Å². The number of nitrogen functional groups attached to an aromatic ring is 1. The Morgan fingerprint density at radius 1 is 0.803 bits per heavy atom. The SMILES string of the molecule is COc1cc(C(C)OC(=O)NCCNC(=O)CNC(=O)c2ccc(C(=O)c3ccccc3)cc2)c([N+](=O)[O-])cc1OCCCC(=O)NCc1ccc(COc2nc(N)nc3nc[nH]c23)cc1. The van der Waals surface area contributed by atoms with Crippen LogP contribution in [0, 0.1) is 10.1 Å². The molecule has 4 aromatic carbocycles. The minimum Gasteiger partial charge on any atom is -0.493 e. The predicted molar refractivity (Wildman–Crippen MR) is 238 cm³/mol. The van der Waals surface area contributed by atoms with E-state index >= 15 is 0 Å². The molecule has 4 amide bonds. The van der Waals surface area contributed by atoms with Gasteiger partial charge >= 0.3 is 6.09 Å². The van der Waals surface area contributed by atoms with E-state index in [1.54, 1.807) is 30.3 Å². The third kappa shape index (κ3) is 13.0. The van der Waals surface area contributed by atoms with E-state index in [1.807, 2.05) is 24.3 Å². The second kappa shape index (κ2) is 22.6. The zero-order valence-corrected chi connectivity index (χ0v) is 35.8. The average Bonchev–Trinajstić information content (AvgIpc) is 3.81. The number of imidazole rings is 1. The third-order valence-electron chi connectivity index (χ3n) is 9.77. The molecule has 0 spiro atoms. The van der Waals surface area contributed by atoms with Gasteiger partial charge in [0.05, 0.1) is 43.1 Å². The molecule has 2 aromatic heterocycles. The van der Waals surface area contributed by atoms with Crippen LogP contribution in [-0.4, -0.2) is 87.8 Å². The average molecular weight is 903 g/mol. The molecule has 7 N–H and O–H groups in total. The number of amides is 4. The molecule has 0 radical (unpaired) electrons. The molecule has 0 saturated carbocycles. The Bertz CT molecular complexity index is 2680. The molecular formula is C45H46N10O11. The molecule has 6 aromatic rings. The summed E-state index contributed by atoms with van der Waals surface area (Å²) < 4.78 is 22.4. The summed E-state index contributed by atoms with van der Waals surface area (Å²) >= 11 is 0. The quantitative estimate of drug-likeness (QED) is 0.0237. The largest absolute Gasteiger partial charge is 0.493 e. The van der Waals surface area contributed by atoms with Crippen LogP contribution in [0.3, 0.4) is 0 Å². The van der Waals surface area contributed by atoms with Gasteiger partial charge in [-0.15, -0.1) is 0 Å². The maximum Gasteiger partial charge on any atom is 0.407 e. The van der Waals surface area contributed by atoms with Gasteiger partial charge in [-0.2, -0.15) is 9.97 Å². The molecule has 0 bridgehead atoms. The van der Waals surface area contributed by atoms with Crippen molar-refractivity contribution in [1.29, 1.82) is 0 Å². The first kappa shape index (κ1) is 46.9. The van der Waals surface area contributed by atoms with Crippen molar-refractivity contribution >= 4 is 52.4 Å². The number of carbonyl (C=O) groups excluding carboxylic acids is 5. The van der Waals surface area contributed by atoms with E-state index < -0.39 is 28.9 Å². The summed E-state index contributed by atoms with van der Waals surface area (Å²) in [5.41, 5.74) is 9.24. The summed E-state index contributed by atoms with van der Waals surface area (Å²) in [6.07, 6.45) is -0.120. The summed E-state index contributed by atoms with van der Waals surface area (Å²) in [7, 11) is 1.35. The first-order chi connectivity index (χ1) is 31.9. The van der Waals surface area contributed by atoms with Crippen LogP contribution in [0.4, 0.5) is 16.4 Å². The first-order valence-corrected chi connectivity index (χ1v) is 20.5. The number of ketones is 1. The number of hydrogen-bond acceptors (Lipinski definition) is 15. The van der Waals surface area contributed by atoms with Crippen LogP contribution in [0.1, 0.15) is 68.8 Å². The molecule has 2 heterocycles. The zero-order valence-electron chi connectivity index (χ0n) is 35.8. The Labute approximate surface area is 377 Å². The van der Waals surface area contributed by atoms with E-state index in [0.29, 0.717) is 28.7 Å². The number of alkyl carbamates (subject to hydrolysis) is 1. The van der Waals surface area contributed by atoms with Gasteiger partial charge in [-0.05, 0) is 42.7 Å². The number of nitrogens with zero attached hydrogens (tertiary/aromatic N) is 4. The standard InChI is InChI=1S/C45H46N10O11/c1-27(66-45(60)48-19-18-47-38(57)24-50-42(59)32-16-14-31(15-17-32)40(58)30-7-4-3-5-8-30)33-21-35(63-2)36(22-34(33)55(61)62)64-20-6-9-37(56)49-23-28-10-12-29(13-11-28)25-65-43-39-41(52-26-51-39)53-44(46)54-43/h3-5,7-8,10-17,21-22,26-27H,6,9,18-20,23-25H2,1-2H3,(H,47,57)(H,48,60)(H,49,56)(H,50,59)(H3,46,51,52,53,54). The number of H-pyrrole nitrogens is 1. The van der Waals surface area contributed by atoms with E-state index in [1.165, 1.54) is 50.7 Å². The summed E-state index contributed by atoms with van der Waals surface area (Å²) in [6, 6.07) is 24.7. The van der Waals surface area contributed by atoms with Crippen molar-refractivity contribution in [3.05, 3.63) is 141 Å². The number of nitro benzene ring substituents is 1. The maximum atomic E-state index is 12.6. The Kier molecular flexibility index (Phi) is 16.1. The van der Waals surface area contributed by atoms with Gasteiger partial charge in [-0.1, -0.05) is 66.7 Å². The van der Waals surface area contributed by atoms with Crippen molar-refractivity contribution in [2.45, 2.75) is 39.0 Å². The van der Waals surface area contributed by atoms with Crippen LogP contribution in [0.2, 0.25) is 0 Å². The number of nitro groups is 1. The van der Waals surface area contributed by atoms with Gasteiger partial charge in [0, 0.05) is 42.7 Å². The number of nitrogens with two attached hydrogens (primary N) is 1. The molecule has 21 nitrogen and oxygen atoms in total. The molecule has 0 fully saturated rings. The molecule has 0 aliphatic rings. The van der Waals surface area contributed by atoms with Gasteiger partial charge in [0.1, 0.15) is 18.2 Å². The lowest BCUT2D eigenvalue weighted by Crippen LogP contribution is -2.40. The second-order valence-electron chi connectivity index (χ2n) is 14.4. The summed E-state index contributed by atoms with van der Waals surface area (Å²) in [5.74, 6) is -0.918. The maximum absolute atomic E-state index is 12.6. The normalized spacial score (nSPS) is 11.2. The van der Waals surface area contributed by atoms with Crippen LogP contribution in [-0.2, 0) is 27.5 Å². The minimum absolute atomic E-state index is 0.0130. The van der Waals surface area contributed by atoms with Crippen LogP contribution in [0.15, 0.2) is 97.3 Å². The Morgan fingerprint density at radius 2 is 1.50 bits per heavy atom. The van der Waals surface area contributed by atoms with E-state index in [9.17, 15) is 34.1 Å². The topological polar surface area (TPSA) is 294 Å². The second-order valence-corrected chi connectivity index (χ2v) is 14.4. The Balaban J connectivity index is 0.875. The van der Waals surface area contributed by atoms with E-state index in [4.69, 9.17) is 24.7 Å². The van der Waals surface area contributed by atoms with Crippen molar-refractivity contribution in [3.63, 3.8) is 0 Å². The number of aromatic amines is 1. The molecule has 1 unspecified atom stereocenters. The van der Waals surface area contributed by atoms with Crippen molar-refractivity contribution in [2.24, 2.45) is 0 Å². The number of ether oxygens (including phenoxy) is 4. The van der Waals surface area contributed by atoms with Crippen molar-refractivity contribution in [1.82, 2.24) is 41.2 Å². The lowest BCUT2D eigenvalue weighted by atomic mass is 10.0.